The van der Waals surface area contributed by atoms with E-state index in [-0.39, 0.29) is 23.6 Å². The highest BCUT2D eigenvalue weighted by Gasteiger charge is 2.10. The zero-order chi connectivity index (χ0) is 21.2. The summed E-state index contributed by atoms with van der Waals surface area (Å²) >= 11 is 0. The molecule has 2 aromatic carbocycles. The van der Waals surface area contributed by atoms with Crippen molar-refractivity contribution in [3.05, 3.63) is 47.5 Å². The lowest BCUT2D eigenvalue weighted by molar-refractivity contribution is 0.318. The number of hydrogen-bond donors (Lipinski definition) is 2. The Balaban J connectivity index is 1.98. The van der Waals surface area contributed by atoms with Crippen LogP contribution in [0.3, 0.4) is 0 Å². The van der Waals surface area contributed by atoms with Crippen molar-refractivity contribution in [3.63, 3.8) is 0 Å². The van der Waals surface area contributed by atoms with Gasteiger partial charge in [0.2, 0.25) is 0 Å². The molecule has 0 radical (unpaired) electrons. The number of phenolic OH excluding ortho intramolecular Hbond substituents is 2. The van der Waals surface area contributed by atoms with Gasteiger partial charge < -0.3 is 19.7 Å². The quantitative estimate of drug-likeness (QED) is 0.573. The first-order valence-corrected chi connectivity index (χ1v) is 9.92. The Kier molecular flexibility index (Phi) is 8.52. The number of rotatable bonds is 10. The molecular weight excluding hydrogens is 368 g/mol. The van der Waals surface area contributed by atoms with Crippen molar-refractivity contribution in [1.82, 2.24) is 0 Å². The van der Waals surface area contributed by atoms with Crippen LogP contribution in [0.2, 0.25) is 0 Å². The van der Waals surface area contributed by atoms with Gasteiger partial charge in [0.05, 0.1) is 13.2 Å². The first-order chi connectivity index (χ1) is 14.0. The highest BCUT2D eigenvalue weighted by molar-refractivity contribution is 5.85. The predicted octanol–water partition coefficient (Wildman–Crippen LogP) is 4.60. The summed E-state index contributed by atoms with van der Waals surface area (Å²) in [6, 6.07) is 10.7. The van der Waals surface area contributed by atoms with Crippen LogP contribution >= 0.6 is 0 Å². The minimum atomic E-state index is 0.0145. The van der Waals surface area contributed by atoms with Crippen molar-refractivity contribution in [3.8, 4) is 23.0 Å². The number of benzene rings is 2. The van der Waals surface area contributed by atoms with Crippen molar-refractivity contribution < 1.29 is 19.7 Å². The van der Waals surface area contributed by atoms with Gasteiger partial charge in [-0.15, -0.1) is 0 Å². The molecule has 0 saturated carbocycles. The smallest absolute Gasteiger partial charge is 0.166 e. The summed E-state index contributed by atoms with van der Waals surface area (Å²) in [5.41, 5.74) is 1.24. The lowest BCUT2D eigenvalue weighted by Gasteiger charge is -2.11. The Labute approximate surface area is 172 Å². The highest BCUT2D eigenvalue weighted by Crippen LogP contribution is 2.29. The van der Waals surface area contributed by atoms with Crippen molar-refractivity contribution in [1.29, 1.82) is 0 Å². The molecule has 0 saturated heterocycles. The third-order valence-corrected chi connectivity index (χ3v) is 4.28. The molecule has 29 heavy (non-hydrogen) atoms. The molecule has 0 unspecified atom stereocenters. The molecule has 0 aliphatic heterocycles. The summed E-state index contributed by atoms with van der Waals surface area (Å²) in [5.74, 6) is 1.11. The monoisotopic (exact) mass is 398 g/mol. The zero-order valence-corrected chi connectivity index (χ0v) is 17.5. The van der Waals surface area contributed by atoms with Gasteiger partial charge in [0.1, 0.15) is 0 Å². The van der Waals surface area contributed by atoms with E-state index in [9.17, 15) is 10.2 Å². The Morgan fingerprint density at radius 1 is 0.793 bits per heavy atom. The van der Waals surface area contributed by atoms with E-state index in [0.717, 1.165) is 6.42 Å². The summed E-state index contributed by atoms with van der Waals surface area (Å²) in [6.45, 7) is 8.72. The molecule has 2 aromatic rings. The number of nitrogens with zero attached hydrogens (tertiary/aromatic N) is 2. The third-order valence-electron chi connectivity index (χ3n) is 4.28. The van der Waals surface area contributed by atoms with Crippen molar-refractivity contribution >= 4 is 12.4 Å². The van der Waals surface area contributed by atoms with Gasteiger partial charge in [-0.05, 0) is 58.4 Å². The van der Waals surface area contributed by atoms with Crippen molar-refractivity contribution in [2.75, 3.05) is 13.2 Å². The van der Waals surface area contributed by atoms with Gasteiger partial charge in [-0.1, -0.05) is 12.1 Å². The van der Waals surface area contributed by atoms with Gasteiger partial charge in [0.25, 0.3) is 0 Å². The van der Waals surface area contributed by atoms with Gasteiger partial charge in [-0.2, -0.15) is 0 Å². The summed E-state index contributed by atoms with van der Waals surface area (Å²) in [6.07, 6.45) is 4.05. The van der Waals surface area contributed by atoms with E-state index in [4.69, 9.17) is 9.47 Å². The lowest BCUT2D eigenvalue weighted by Crippen LogP contribution is -2.09. The molecule has 0 amide bonds. The minimum absolute atomic E-state index is 0.0145. The number of aliphatic imine (C=N–C) groups is 2. The van der Waals surface area contributed by atoms with Crippen LogP contribution in [-0.2, 0) is 0 Å². The van der Waals surface area contributed by atoms with E-state index in [1.807, 2.05) is 39.8 Å². The number of aromatic hydroxyl groups is 2. The van der Waals surface area contributed by atoms with Gasteiger partial charge in [0, 0.05) is 35.6 Å². The minimum Gasteiger partial charge on any atom is -0.504 e. The van der Waals surface area contributed by atoms with Crippen LogP contribution < -0.4 is 9.47 Å². The number of phenols is 2. The molecule has 2 atom stereocenters. The topological polar surface area (TPSA) is 83.6 Å². The summed E-state index contributed by atoms with van der Waals surface area (Å²) in [7, 11) is 0. The van der Waals surface area contributed by atoms with Crippen LogP contribution in [0.4, 0.5) is 0 Å². The van der Waals surface area contributed by atoms with E-state index in [2.05, 4.69) is 9.98 Å². The maximum absolute atomic E-state index is 10.2. The Bertz CT molecular complexity index is 779. The maximum atomic E-state index is 10.2. The number of ether oxygens (including phenoxy) is 2. The Hall–Kier alpha value is -3.02. The second-order valence-corrected chi connectivity index (χ2v) is 6.74. The van der Waals surface area contributed by atoms with E-state index in [1.165, 1.54) is 0 Å². The fraction of sp³-hybridized carbons (Fsp3) is 0.391. The molecule has 0 aromatic heterocycles. The largest absolute Gasteiger partial charge is 0.504 e. The molecule has 2 rings (SSSR count). The van der Waals surface area contributed by atoms with Crippen LogP contribution in [0.15, 0.2) is 46.4 Å². The average Bonchev–Trinajstić information content (AvgIpc) is 2.69. The number of hydrogen-bond acceptors (Lipinski definition) is 6. The molecule has 2 N–H and O–H groups in total. The Morgan fingerprint density at radius 2 is 1.21 bits per heavy atom. The molecule has 6 heteroatoms. The molecule has 0 spiro atoms. The third kappa shape index (κ3) is 6.52. The summed E-state index contributed by atoms with van der Waals surface area (Å²) in [5, 5.41) is 20.5. The molecular formula is C23H30N2O4. The van der Waals surface area contributed by atoms with E-state index < -0.39 is 0 Å². The van der Waals surface area contributed by atoms with Crippen LogP contribution in [0.5, 0.6) is 23.0 Å². The molecule has 0 aliphatic carbocycles. The lowest BCUT2D eigenvalue weighted by atomic mass is 10.1. The molecule has 0 aliphatic rings. The molecule has 156 valence electrons. The first-order valence-electron chi connectivity index (χ1n) is 9.92. The highest BCUT2D eigenvalue weighted by atomic mass is 16.5. The molecule has 0 bridgehead atoms. The van der Waals surface area contributed by atoms with E-state index in [1.54, 1.807) is 36.7 Å². The second-order valence-electron chi connectivity index (χ2n) is 6.74. The van der Waals surface area contributed by atoms with Crippen LogP contribution in [0, 0.1) is 0 Å². The fourth-order valence-corrected chi connectivity index (χ4v) is 2.86. The molecule has 0 fully saturated rings. The molecule has 0 heterocycles. The Morgan fingerprint density at radius 3 is 1.59 bits per heavy atom. The summed E-state index contributed by atoms with van der Waals surface area (Å²) in [4.78, 5) is 9.05. The van der Waals surface area contributed by atoms with Crippen LogP contribution in [0.25, 0.3) is 0 Å². The first kappa shape index (κ1) is 22.3. The van der Waals surface area contributed by atoms with Gasteiger partial charge >= 0.3 is 0 Å². The normalized spacial score (nSPS) is 13.7. The van der Waals surface area contributed by atoms with Gasteiger partial charge in [-0.25, -0.2) is 0 Å². The maximum Gasteiger partial charge on any atom is 0.166 e. The van der Waals surface area contributed by atoms with Gasteiger partial charge in [-0.3, -0.25) is 9.98 Å². The standard InChI is InChI=1S/C23H30N2O4/c1-5-28-20-11-7-9-18(22(20)26)14-24-16(3)13-17(4)25-15-19-10-8-12-21(23(19)27)29-6-2/h7-12,14-17,26-27H,5-6,13H2,1-4H3/t16-,17+. The average molecular weight is 399 g/mol. The molecule has 6 nitrogen and oxygen atoms in total. The van der Waals surface area contributed by atoms with E-state index in [0.29, 0.717) is 35.8 Å². The number of para-hydroxylation sites is 2. The predicted molar refractivity (Wildman–Crippen MR) is 117 cm³/mol. The van der Waals surface area contributed by atoms with Crippen molar-refractivity contribution in [2.24, 2.45) is 9.98 Å². The van der Waals surface area contributed by atoms with Crippen LogP contribution in [0.1, 0.15) is 45.2 Å². The van der Waals surface area contributed by atoms with Crippen molar-refractivity contribution in [2.45, 2.75) is 46.2 Å². The van der Waals surface area contributed by atoms with Crippen LogP contribution in [-0.4, -0.2) is 47.9 Å². The fourth-order valence-electron chi connectivity index (χ4n) is 2.86. The summed E-state index contributed by atoms with van der Waals surface area (Å²) < 4.78 is 10.8. The SMILES string of the molecule is CCOc1cccc(C=N[C@H](C)C[C@H](C)N=Cc2cccc(OCC)c2O)c1O. The zero-order valence-electron chi connectivity index (χ0n) is 17.5. The second kappa shape index (κ2) is 11.1. The van der Waals surface area contributed by atoms with E-state index >= 15 is 0 Å². The van der Waals surface area contributed by atoms with Gasteiger partial charge in [0.15, 0.2) is 23.0 Å².